The fourth-order valence-corrected chi connectivity index (χ4v) is 4.16. The minimum Gasteiger partial charge on any atom is -0.384 e. The lowest BCUT2D eigenvalue weighted by molar-refractivity contribution is -0.143. The molecule has 1 saturated heterocycles. The number of rotatable bonds is 3. The van der Waals surface area contributed by atoms with E-state index in [4.69, 9.17) is 28.0 Å². The molecule has 0 saturated carbocycles. The highest BCUT2D eigenvalue weighted by atomic mass is 35.5. The predicted octanol–water partition coefficient (Wildman–Crippen LogP) is 5.06. The van der Waals surface area contributed by atoms with Gasteiger partial charge in [0.2, 0.25) is 5.91 Å². The number of carbonyl (C=O) groups is 1. The third-order valence-electron chi connectivity index (χ3n) is 5.40. The van der Waals surface area contributed by atoms with Crippen molar-refractivity contribution in [1.82, 2.24) is 4.90 Å². The van der Waals surface area contributed by atoms with Crippen LogP contribution in [0.3, 0.4) is 0 Å². The van der Waals surface area contributed by atoms with E-state index < -0.39 is 11.3 Å². The first-order valence-corrected chi connectivity index (χ1v) is 9.71. The number of amides is 1. The summed E-state index contributed by atoms with van der Waals surface area (Å²) in [5.74, 6) is -0.109. The van der Waals surface area contributed by atoms with Crippen LogP contribution < -0.4 is 0 Å². The first-order chi connectivity index (χ1) is 13.2. The summed E-state index contributed by atoms with van der Waals surface area (Å²) in [5.41, 5.74) is 0.910. The molecule has 0 bridgehead atoms. The van der Waals surface area contributed by atoms with E-state index in [2.05, 4.69) is 5.16 Å². The monoisotopic (exact) mass is 420 g/mol. The van der Waals surface area contributed by atoms with Gasteiger partial charge in [-0.2, -0.15) is 0 Å². The number of hydrogen-bond acceptors (Lipinski definition) is 3. The lowest BCUT2D eigenvalue weighted by atomic mass is 9.86. The summed E-state index contributed by atoms with van der Waals surface area (Å²) in [4.78, 5) is 18.5. The van der Waals surface area contributed by atoms with Crippen LogP contribution in [0.25, 0.3) is 0 Å². The molecule has 0 N–H and O–H groups in total. The van der Waals surface area contributed by atoms with Crippen molar-refractivity contribution in [3.63, 3.8) is 0 Å². The van der Waals surface area contributed by atoms with E-state index in [1.54, 1.807) is 18.2 Å². The van der Waals surface area contributed by atoms with Crippen molar-refractivity contribution < 1.29 is 14.0 Å². The Labute approximate surface area is 172 Å². The first kappa shape index (κ1) is 19.2. The van der Waals surface area contributed by atoms with Crippen LogP contribution >= 0.6 is 23.2 Å². The second-order valence-electron chi connectivity index (χ2n) is 7.61. The van der Waals surface area contributed by atoms with Gasteiger partial charge in [-0.25, -0.2) is 4.39 Å². The van der Waals surface area contributed by atoms with Crippen LogP contribution in [0.2, 0.25) is 10.0 Å². The van der Waals surface area contributed by atoms with Gasteiger partial charge in [-0.1, -0.05) is 52.6 Å². The van der Waals surface area contributed by atoms with Crippen LogP contribution in [-0.2, 0) is 20.9 Å². The number of likely N-dealkylation sites (tertiary alicyclic amines) is 1. The molecule has 0 aliphatic carbocycles. The molecular weight excluding hydrogens is 402 g/mol. The third kappa shape index (κ3) is 3.38. The maximum atomic E-state index is 14.9. The van der Waals surface area contributed by atoms with Crippen LogP contribution in [0.5, 0.6) is 0 Å². The highest BCUT2D eigenvalue weighted by molar-refractivity contribution is 6.34. The second kappa shape index (κ2) is 6.75. The van der Waals surface area contributed by atoms with Crippen molar-refractivity contribution in [2.24, 2.45) is 5.16 Å². The average Bonchev–Trinajstić information content (AvgIpc) is 3.02. The summed E-state index contributed by atoms with van der Waals surface area (Å²) in [6, 6.07) is 12.5. The van der Waals surface area contributed by atoms with Crippen molar-refractivity contribution in [1.29, 1.82) is 0 Å². The van der Waals surface area contributed by atoms with Crippen LogP contribution in [0.1, 0.15) is 37.0 Å². The van der Waals surface area contributed by atoms with E-state index in [9.17, 15) is 9.18 Å². The Bertz CT molecular complexity index is 951. The zero-order chi connectivity index (χ0) is 20.1. The Morgan fingerprint density at radius 3 is 2.29 bits per heavy atom. The maximum absolute atomic E-state index is 14.9. The quantitative estimate of drug-likeness (QED) is 0.695. The van der Waals surface area contributed by atoms with Gasteiger partial charge in [0.05, 0.1) is 18.8 Å². The zero-order valence-corrected chi connectivity index (χ0v) is 17.0. The standard InChI is InChI=1S/C21H19Cl2FN2O2/c1-13(27)26-11-21(24,12-26)15-5-3-14(4-6-15)19-10-20(2,28-25-19)16-7-17(22)9-18(23)8-16/h3-9H,10-12H2,1-2H3. The van der Waals surface area contributed by atoms with Crippen LogP contribution in [-0.4, -0.2) is 29.6 Å². The number of benzene rings is 2. The van der Waals surface area contributed by atoms with Crippen LogP contribution in [0.15, 0.2) is 47.6 Å². The van der Waals surface area contributed by atoms with Crippen LogP contribution in [0, 0.1) is 0 Å². The van der Waals surface area contributed by atoms with Gasteiger partial charge in [-0.15, -0.1) is 0 Å². The molecule has 28 heavy (non-hydrogen) atoms. The molecule has 0 spiro atoms. The van der Waals surface area contributed by atoms with Gasteiger partial charge in [-0.3, -0.25) is 4.79 Å². The van der Waals surface area contributed by atoms with Crippen molar-refractivity contribution in [2.75, 3.05) is 13.1 Å². The predicted molar refractivity (Wildman–Crippen MR) is 108 cm³/mol. The van der Waals surface area contributed by atoms with Gasteiger partial charge in [0.1, 0.15) is 0 Å². The molecule has 4 rings (SSSR count). The lowest BCUT2D eigenvalue weighted by Gasteiger charge is -2.44. The Morgan fingerprint density at radius 2 is 1.71 bits per heavy atom. The first-order valence-electron chi connectivity index (χ1n) is 8.96. The molecule has 1 atom stereocenters. The molecule has 2 aromatic rings. The molecule has 2 aliphatic rings. The van der Waals surface area contributed by atoms with E-state index in [0.29, 0.717) is 22.0 Å². The number of oxime groups is 1. The third-order valence-corrected chi connectivity index (χ3v) is 5.84. The Balaban J connectivity index is 1.49. The highest BCUT2D eigenvalue weighted by Gasteiger charge is 2.46. The maximum Gasteiger partial charge on any atom is 0.219 e. The normalized spacial score (nSPS) is 23.0. The minimum absolute atomic E-state index is 0.0966. The minimum atomic E-state index is -1.48. The van der Waals surface area contributed by atoms with Crippen molar-refractivity contribution in [3.05, 3.63) is 69.2 Å². The van der Waals surface area contributed by atoms with E-state index >= 15 is 0 Å². The Kier molecular flexibility index (Phi) is 4.63. The van der Waals surface area contributed by atoms with E-state index in [0.717, 1.165) is 16.8 Å². The fourth-order valence-electron chi connectivity index (χ4n) is 3.63. The Hall–Kier alpha value is -2.11. The summed E-state index contributed by atoms with van der Waals surface area (Å²) in [7, 11) is 0. The van der Waals surface area contributed by atoms with Crippen molar-refractivity contribution in [3.8, 4) is 0 Å². The van der Waals surface area contributed by atoms with Crippen molar-refractivity contribution >= 4 is 34.8 Å². The molecule has 2 aromatic carbocycles. The molecule has 7 heteroatoms. The van der Waals surface area contributed by atoms with Gasteiger partial charge in [-0.05, 0) is 36.2 Å². The van der Waals surface area contributed by atoms with Crippen LogP contribution in [0.4, 0.5) is 4.39 Å². The fraction of sp³-hybridized carbons (Fsp3) is 0.333. The molecular formula is C21H19Cl2FN2O2. The molecule has 0 radical (unpaired) electrons. The van der Waals surface area contributed by atoms with E-state index in [-0.39, 0.29) is 19.0 Å². The largest absolute Gasteiger partial charge is 0.384 e. The molecule has 1 unspecified atom stereocenters. The van der Waals surface area contributed by atoms with Gasteiger partial charge in [0, 0.05) is 29.0 Å². The average molecular weight is 421 g/mol. The van der Waals surface area contributed by atoms with Gasteiger partial charge in [0.25, 0.3) is 0 Å². The summed E-state index contributed by atoms with van der Waals surface area (Å²) in [6.07, 6.45) is 0.544. The summed E-state index contributed by atoms with van der Waals surface area (Å²) < 4.78 is 14.9. The van der Waals surface area contributed by atoms with E-state index in [1.807, 2.05) is 31.2 Å². The highest BCUT2D eigenvalue weighted by Crippen LogP contribution is 2.39. The number of hydrogen-bond donors (Lipinski definition) is 0. The summed E-state index contributed by atoms with van der Waals surface area (Å²) in [6.45, 7) is 3.57. The second-order valence-corrected chi connectivity index (χ2v) is 8.49. The lowest BCUT2D eigenvalue weighted by Crippen LogP contribution is -2.58. The summed E-state index contributed by atoms with van der Waals surface area (Å²) >= 11 is 12.2. The molecule has 1 fully saturated rings. The number of nitrogens with zero attached hydrogens (tertiary/aromatic N) is 2. The number of halogens is 3. The topological polar surface area (TPSA) is 41.9 Å². The smallest absolute Gasteiger partial charge is 0.219 e. The Morgan fingerprint density at radius 1 is 1.11 bits per heavy atom. The number of alkyl halides is 1. The van der Waals surface area contributed by atoms with Gasteiger partial charge < -0.3 is 9.74 Å². The van der Waals surface area contributed by atoms with Gasteiger partial charge >= 0.3 is 0 Å². The number of carbonyl (C=O) groups excluding carboxylic acids is 1. The summed E-state index contributed by atoms with van der Waals surface area (Å²) in [5, 5.41) is 5.32. The molecule has 0 aromatic heterocycles. The SMILES string of the molecule is CC(=O)N1CC(F)(c2ccc(C3=NOC(C)(c4cc(Cl)cc(Cl)c4)C3)cc2)C1. The van der Waals surface area contributed by atoms with Gasteiger partial charge in [0.15, 0.2) is 11.3 Å². The molecule has 2 aliphatic heterocycles. The molecule has 2 heterocycles. The van der Waals surface area contributed by atoms with Crippen molar-refractivity contribution in [2.45, 2.75) is 31.5 Å². The van der Waals surface area contributed by atoms with E-state index in [1.165, 1.54) is 11.8 Å². The zero-order valence-electron chi connectivity index (χ0n) is 15.5. The molecule has 146 valence electrons. The molecule has 4 nitrogen and oxygen atoms in total. The molecule has 1 amide bonds.